The van der Waals surface area contributed by atoms with Gasteiger partial charge in [-0.1, -0.05) is 24.2 Å². The van der Waals surface area contributed by atoms with Crippen LogP contribution >= 0.6 is 11.6 Å². The normalized spacial score (nSPS) is 19.1. The first-order valence-electron chi connectivity index (χ1n) is 11.5. The van der Waals surface area contributed by atoms with Crippen LogP contribution in [0.3, 0.4) is 0 Å². The first-order valence-corrected chi connectivity index (χ1v) is 11.8. The molecule has 0 saturated carbocycles. The molecule has 4 heterocycles. The Bertz CT molecular complexity index is 1510. The van der Waals surface area contributed by atoms with E-state index in [1.54, 1.807) is 24.3 Å². The summed E-state index contributed by atoms with van der Waals surface area (Å²) in [7, 11) is 0. The number of hydrogen-bond donors (Lipinski definition) is 1. The summed E-state index contributed by atoms with van der Waals surface area (Å²) >= 11 is 5.99. The maximum absolute atomic E-state index is 14.1. The summed E-state index contributed by atoms with van der Waals surface area (Å²) in [6.45, 7) is 6.77. The molecule has 1 fully saturated rings. The molecule has 3 aromatic heterocycles. The molecule has 1 saturated heterocycles. The highest BCUT2D eigenvalue weighted by Crippen LogP contribution is 2.36. The van der Waals surface area contributed by atoms with Gasteiger partial charge in [-0.05, 0) is 43.7 Å². The molecule has 5 rings (SSSR count). The minimum atomic E-state index is -4.71. The van der Waals surface area contributed by atoms with Crippen molar-refractivity contribution in [2.45, 2.75) is 38.4 Å². The third-order valence-electron chi connectivity index (χ3n) is 6.34. The summed E-state index contributed by atoms with van der Waals surface area (Å²) in [5, 5.41) is 4.01. The number of benzene rings is 1. The molecule has 0 aliphatic carbocycles. The van der Waals surface area contributed by atoms with Gasteiger partial charge in [0.2, 0.25) is 5.95 Å². The SMILES string of the molecule is C=Cc1nc(Cl)ccc1NC(C)c1cc(C)cc2c1nc(N1CC(F)C(F)C1)n1cc(C(F)(F)F)nc21. The smallest absolute Gasteiger partial charge is 0.377 e. The molecular weight excluding hydrogens is 515 g/mol. The Kier molecular flexibility index (Phi) is 6.21. The molecule has 0 spiro atoms. The van der Waals surface area contributed by atoms with Crippen LogP contribution in [0, 0.1) is 6.92 Å². The van der Waals surface area contributed by atoms with Crippen molar-refractivity contribution in [1.29, 1.82) is 0 Å². The lowest BCUT2D eigenvalue weighted by Crippen LogP contribution is -2.24. The van der Waals surface area contributed by atoms with Gasteiger partial charge in [-0.15, -0.1) is 0 Å². The van der Waals surface area contributed by atoms with Gasteiger partial charge in [-0.2, -0.15) is 13.2 Å². The van der Waals surface area contributed by atoms with Crippen LogP contribution in [0.1, 0.15) is 35.5 Å². The number of aromatic nitrogens is 4. The Morgan fingerprint density at radius 2 is 1.84 bits per heavy atom. The van der Waals surface area contributed by atoms with Gasteiger partial charge in [-0.3, -0.25) is 4.40 Å². The van der Waals surface area contributed by atoms with Crippen LogP contribution in [0.15, 0.2) is 37.0 Å². The zero-order valence-corrected chi connectivity index (χ0v) is 20.6. The molecule has 12 heteroatoms. The molecule has 3 unspecified atom stereocenters. The van der Waals surface area contributed by atoms with E-state index in [0.29, 0.717) is 33.0 Å². The molecule has 3 atom stereocenters. The molecule has 0 bridgehead atoms. The zero-order valence-electron chi connectivity index (χ0n) is 19.8. The second-order valence-corrected chi connectivity index (χ2v) is 9.44. The van der Waals surface area contributed by atoms with E-state index in [9.17, 15) is 22.0 Å². The van der Waals surface area contributed by atoms with Gasteiger partial charge in [0.15, 0.2) is 18.0 Å². The number of alkyl halides is 5. The third-order valence-corrected chi connectivity index (χ3v) is 6.55. The summed E-state index contributed by atoms with van der Waals surface area (Å²) in [5.74, 6) is -0.00876. The Labute approximate surface area is 213 Å². The average molecular weight is 537 g/mol. The van der Waals surface area contributed by atoms with Crippen molar-refractivity contribution in [3.05, 3.63) is 64.7 Å². The molecule has 6 nitrogen and oxygen atoms in total. The molecule has 194 valence electrons. The molecule has 1 N–H and O–H groups in total. The summed E-state index contributed by atoms with van der Waals surface area (Å²) in [6, 6.07) is 6.52. The number of fused-ring (bicyclic) bond motifs is 3. The van der Waals surface area contributed by atoms with E-state index < -0.39 is 30.3 Å². The molecule has 1 aliphatic heterocycles. The van der Waals surface area contributed by atoms with Crippen molar-refractivity contribution in [3.8, 4) is 0 Å². The number of pyridine rings is 1. The van der Waals surface area contributed by atoms with E-state index in [4.69, 9.17) is 11.6 Å². The number of nitrogens with zero attached hydrogens (tertiary/aromatic N) is 5. The molecule has 1 aliphatic rings. The monoisotopic (exact) mass is 536 g/mol. The first kappa shape index (κ1) is 25.2. The predicted molar refractivity (Wildman–Crippen MR) is 134 cm³/mol. The minimum Gasteiger partial charge on any atom is -0.377 e. The second kappa shape index (κ2) is 9.13. The van der Waals surface area contributed by atoms with Crippen molar-refractivity contribution in [3.63, 3.8) is 0 Å². The summed E-state index contributed by atoms with van der Waals surface area (Å²) < 4.78 is 70.2. The van der Waals surface area contributed by atoms with Crippen LogP contribution in [-0.2, 0) is 6.18 Å². The Morgan fingerprint density at radius 3 is 2.49 bits per heavy atom. The van der Waals surface area contributed by atoms with E-state index >= 15 is 0 Å². The summed E-state index contributed by atoms with van der Waals surface area (Å²) in [4.78, 5) is 14.1. The predicted octanol–water partition coefficient (Wildman–Crippen LogP) is 6.57. The molecule has 37 heavy (non-hydrogen) atoms. The number of hydrogen-bond acceptors (Lipinski definition) is 5. The number of rotatable bonds is 5. The third kappa shape index (κ3) is 4.56. The summed E-state index contributed by atoms with van der Waals surface area (Å²) in [5.41, 5.74) is 1.85. The van der Waals surface area contributed by atoms with Gasteiger partial charge >= 0.3 is 6.18 Å². The molecule has 0 radical (unpaired) electrons. The fraction of sp³-hybridized carbons (Fsp3) is 0.320. The number of halogens is 6. The highest BCUT2D eigenvalue weighted by atomic mass is 35.5. The van der Waals surface area contributed by atoms with Gasteiger partial charge in [0.05, 0.1) is 36.0 Å². The van der Waals surface area contributed by atoms with Crippen LogP contribution in [0.4, 0.5) is 33.6 Å². The van der Waals surface area contributed by atoms with Gasteiger partial charge in [0.25, 0.3) is 0 Å². The maximum Gasteiger partial charge on any atom is 0.434 e. The highest BCUT2D eigenvalue weighted by molar-refractivity contribution is 6.29. The lowest BCUT2D eigenvalue weighted by atomic mass is 10.0. The fourth-order valence-electron chi connectivity index (χ4n) is 4.59. The second-order valence-electron chi connectivity index (χ2n) is 9.05. The van der Waals surface area contributed by atoms with Gasteiger partial charge in [-0.25, -0.2) is 23.7 Å². The van der Waals surface area contributed by atoms with Crippen molar-refractivity contribution in [2.75, 3.05) is 23.3 Å². The van der Waals surface area contributed by atoms with E-state index in [2.05, 4.69) is 26.8 Å². The van der Waals surface area contributed by atoms with Crippen molar-refractivity contribution >= 4 is 45.9 Å². The lowest BCUT2D eigenvalue weighted by molar-refractivity contribution is -0.140. The van der Waals surface area contributed by atoms with Crippen LogP contribution in [0.2, 0.25) is 5.15 Å². The Balaban J connectivity index is 1.72. The largest absolute Gasteiger partial charge is 0.434 e. The Morgan fingerprint density at radius 1 is 1.14 bits per heavy atom. The Hall–Kier alpha value is -3.47. The van der Waals surface area contributed by atoms with E-state index in [1.807, 2.05) is 19.9 Å². The fourth-order valence-corrected chi connectivity index (χ4v) is 4.75. The first-order chi connectivity index (χ1) is 17.5. The number of anilines is 2. The standard InChI is InChI=1S/C25H22ClF5N6/c1-4-18-19(5-6-21(26)33-18)32-13(3)14-7-12(2)8-15-22(14)35-24(36-9-16(27)17(28)10-36)37-11-20(25(29,30)31)34-23(15)37/h4-8,11,13,16-17,32H,1,9-10H2,2-3H3. The van der Waals surface area contributed by atoms with Gasteiger partial charge in [0, 0.05) is 17.1 Å². The summed E-state index contributed by atoms with van der Waals surface area (Å²) in [6.07, 6.45) is -5.89. The zero-order chi connectivity index (χ0) is 26.6. The van der Waals surface area contributed by atoms with Gasteiger partial charge in [0.1, 0.15) is 10.8 Å². The molecule has 1 aromatic carbocycles. The van der Waals surface area contributed by atoms with Crippen LogP contribution < -0.4 is 10.2 Å². The number of nitrogens with one attached hydrogen (secondary N) is 1. The van der Waals surface area contributed by atoms with Crippen LogP contribution in [0.25, 0.3) is 22.6 Å². The minimum absolute atomic E-state index is 0.00197. The van der Waals surface area contributed by atoms with Gasteiger partial charge < -0.3 is 10.2 Å². The van der Waals surface area contributed by atoms with Crippen molar-refractivity contribution in [1.82, 2.24) is 19.4 Å². The molecular formula is C25H22ClF5N6. The average Bonchev–Trinajstić information content (AvgIpc) is 3.43. The number of aryl methyl sites for hydroxylation is 1. The number of imidazole rings is 1. The molecule has 4 aromatic rings. The quantitative estimate of drug-likeness (QED) is 0.231. The topological polar surface area (TPSA) is 58.4 Å². The highest BCUT2D eigenvalue weighted by Gasteiger charge is 2.38. The molecule has 0 amide bonds. The lowest BCUT2D eigenvalue weighted by Gasteiger charge is -2.22. The van der Waals surface area contributed by atoms with Crippen molar-refractivity contribution < 1.29 is 22.0 Å². The van der Waals surface area contributed by atoms with E-state index in [0.717, 1.165) is 16.2 Å². The van der Waals surface area contributed by atoms with E-state index in [1.165, 1.54) is 4.90 Å². The van der Waals surface area contributed by atoms with Crippen LogP contribution in [0.5, 0.6) is 0 Å². The maximum atomic E-state index is 14.1. The van der Waals surface area contributed by atoms with E-state index in [-0.39, 0.29) is 24.7 Å². The van der Waals surface area contributed by atoms with Crippen molar-refractivity contribution in [2.24, 2.45) is 0 Å². The van der Waals surface area contributed by atoms with Crippen LogP contribution in [-0.4, -0.2) is 44.8 Å².